The Morgan fingerprint density at radius 1 is 1.27 bits per heavy atom. The van der Waals surface area contributed by atoms with Crippen molar-refractivity contribution < 1.29 is 4.79 Å². The van der Waals surface area contributed by atoms with Gasteiger partial charge in [0, 0.05) is 12.6 Å². The molecule has 1 heterocycles. The lowest BCUT2D eigenvalue weighted by Crippen LogP contribution is -2.44. The van der Waals surface area contributed by atoms with Crippen LogP contribution in [-0.4, -0.2) is 36.5 Å². The summed E-state index contributed by atoms with van der Waals surface area (Å²) in [5.41, 5.74) is 0. The SMILES string of the molecule is CNC1CCN(C2CC3CCC2C3)C1=O. The van der Waals surface area contributed by atoms with Gasteiger partial charge in [0.1, 0.15) is 0 Å². The van der Waals surface area contributed by atoms with Crippen LogP contribution < -0.4 is 5.32 Å². The average molecular weight is 208 g/mol. The third kappa shape index (κ3) is 1.40. The molecule has 1 saturated heterocycles. The van der Waals surface area contributed by atoms with Crippen molar-refractivity contribution in [3.63, 3.8) is 0 Å². The summed E-state index contributed by atoms with van der Waals surface area (Å²) in [6.45, 7) is 0.984. The molecule has 3 nitrogen and oxygen atoms in total. The Hall–Kier alpha value is -0.570. The van der Waals surface area contributed by atoms with E-state index >= 15 is 0 Å². The minimum atomic E-state index is 0.101. The number of amides is 1. The lowest BCUT2D eigenvalue weighted by molar-refractivity contribution is -0.132. The first-order chi connectivity index (χ1) is 7.29. The second-order valence-corrected chi connectivity index (χ2v) is 5.40. The first-order valence-corrected chi connectivity index (χ1v) is 6.27. The van der Waals surface area contributed by atoms with Crippen molar-refractivity contribution in [1.82, 2.24) is 10.2 Å². The molecule has 3 fully saturated rings. The zero-order valence-corrected chi connectivity index (χ0v) is 9.41. The van der Waals surface area contributed by atoms with E-state index in [1.54, 1.807) is 0 Å². The van der Waals surface area contributed by atoms with Gasteiger partial charge in [0.2, 0.25) is 5.91 Å². The monoisotopic (exact) mass is 208 g/mol. The van der Waals surface area contributed by atoms with Crippen molar-refractivity contribution in [3.8, 4) is 0 Å². The van der Waals surface area contributed by atoms with Crippen molar-refractivity contribution in [2.45, 2.75) is 44.2 Å². The summed E-state index contributed by atoms with van der Waals surface area (Å²) in [5.74, 6) is 2.12. The van der Waals surface area contributed by atoms with Crippen LogP contribution in [0.4, 0.5) is 0 Å². The highest BCUT2D eigenvalue weighted by Crippen LogP contribution is 2.47. The second-order valence-electron chi connectivity index (χ2n) is 5.40. The van der Waals surface area contributed by atoms with Gasteiger partial charge in [-0.1, -0.05) is 6.42 Å². The van der Waals surface area contributed by atoms with E-state index in [0.29, 0.717) is 11.9 Å². The molecule has 0 aromatic carbocycles. The number of nitrogens with zero attached hydrogens (tertiary/aromatic N) is 1. The molecule has 2 bridgehead atoms. The van der Waals surface area contributed by atoms with Gasteiger partial charge < -0.3 is 10.2 Å². The van der Waals surface area contributed by atoms with Gasteiger partial charge in [0.15, 0.2) is 0 Å². The lowest BCUT2D eigenvalue weighted by Gasteiger charge is -2.31. The Bertz CT molecular complexity index is 279. The van der Waals surface area contributed by atoms with E-state index < -0.39 is 0 Å². The third-order valence-corrected chi connectivity index (χ3v) is 4.69. The van der Waals surface area contributed by atoms with E-state index in [-0.39, 0.29) is 6.04 Å². The first kappa shape index (κ1) is 9.64. The molecule has 1 aliphatic heterocycles. The maximum atomic E-state index is 12.1. The molecule has 15 heavy (non-hydrogen) atoms. The minimum Gasteiger partial charge on any atom is -0.338 e. The molecule has 1 N–H and O–H groups in total. The molecule has 4 atom stereocenters. The van der Waals surface area contributed by atoms with Gasteiger partial charge in [-0.2, -0.15) is 0 Å². The quantitative estimate of drug-likeness (QED) is 0.734. The fraction of sp³-hybridized carbons (Fsp3) is 0.917. The van der Waals surface area contributed by atoms with Crippen molar-refractivity contribution in [1.29, 1.82) is 0 Å². The molecular formula is C12H20N2O. The van der Waals surface area contributed by atoms with Crippen LogP contribution in [0.1, 0.15) is 32.1 Å². The normalized spacial score (nSPS) is 44.3. The van der Waals surface area contributed by atoms with E-state index in [9.17, 15) is 4.79 Å². The number of carbonyl (C=O) groups excluding carboxylic acids is 1. The number of hydrogen-bond donors (Lipinski definition) is 1. The van der Waals surface area contributed by atoms with Gasteiger partial charge in [0.25, 0.3) is 0 Å². The maximum absolute atomic E-state index is 12.1. The summed E-state index contributed by atoms with van der Waals surface area (Å²) < 4.78 is 0. The van der Waals surface area contributed by atoms with Crippen LogP contribution in [0.15, 0.2) is 0 Å². The molecule has 2 saturated carbocycles. The van der Waals surface area contributed by atoms with E-state index in [1.165, 1.54) is 25.7 Å². The molecule has 4 unspecified atom stereocenters. The van der Waals surface area contributed by atoms with Gasteiger partial charge in [-0.05, 0) is 44.6 Å². The summed E-state index contributed by atoms with van der Waals surface area (Å²) in [6.07, 6.45) is 6.46. The van der Waals surface area contributed by atoms with Crippen molar-refractivity contribution >= 4 is 5.91 Å². The lowest BCUT2D eigenvalue weighted by atomic mass is 9.94. The van der Waals surface area contributed by atoms with Crippen LogP contribution in [0.2, 0.25) is 0 Å². The number of likely N-dealkylation sites (tertiary alicyclic amines) is 1. The van der Waals surface area contributed by atoms with Crippen LogP contribution >= 0.6 is 0 Å². The topological polar surface area (TPSA) is 32.3 Å². The molecule has 0 spiro atoms. The van der Waals surface area contributed by atoms with Crippen molar-refractivity contribution in [3.05, 3.63) is 0 Å². The van der Waals surface area contributed by atoms with Crippen LogP contribution in [0.5, 0.6) is 0 Å². The number of carbonyl (C=O) groups is 1. The van der Waals surface area contributed by atoms with Gasteiger partial charge in [0.05, 0.1) is 6.04 Å². The number of likely N-dealkylation sites (N-methyl/N-ethyl adjacent to an activating group) is 1. The highest BCUT2D eigenvalue weighted by molar-refractivity contribution is 5.84. The Kier molecular flexibility index (Phi) is 2.23. The largest absolute Gasteiger partial charge is 0.338 e. The van der Waals surface area contributed by atoms with Crippen LogP contribution in [0.25, 0.3) is 0 Å². The highest BCUT2D eigenvalue weighted by atomic mass is 16.2. The second kappa shape index (κ2) is 3.48. The van der Waals surface area contributed by atoms with E-state index in [0.717, 1.165) is 24.8 Å². The molecule has 3 rings (SSSR count). The zero-order chi connectivity index (χ0) is 10.4. The van der Waals surface area contributed by atoms with Gasteiger partial charge in [-0.15, -0.1) is 0 Å². The van der Waals surface area contributed by atoms with E-state index in [1.807, 2.05) is 7.05 Å². The molecule has 84 valence electrons. The minimum absolute atomic E-state index is 0.101. The summed E-state index contributed by atoms with van der Waals surface area (Å²) in [5, 5.41) is 3.12. The molecule has 3 heteroatoms. The van der Waals surface area contributed by atoms with Gasteiger partial charge in [-0.3, -0.25) is 4.79 Å². The highest BCUT2D eigenvalue weighted by Gasteiger charge is 2.46. The molecule has 3 aliphatic rings. The Morgan fingerprint density at radius 2 is 2.13 bits per heavy atom. The van der Waals surface area contributed by atoms with Crippen molar-refractivity contribution in [2.75, 3.05) is 13.6 Å². The van der Waals surface area contributed by atoms with E-state index in [2.05, 4.69) is 10.2 Å². The van der Waals surface area contributed by atoms with E-state index in [4.69, 9.17) is 0 Å². The molecule has 0 aromatic rings. The molecule has 0 radical (unpaired) electrons. The number of hydrogen-bond acceptors (Lipinski definition) is 2. The molecule has 2 aliphatic carbocycles. The standard InChI is InChI=1S/C12H20N2O/c1-13-10-4-5-14(12(10)15)11-7-8-2-3-9(11)6-8/h8-11,13H,2-7H2,1H3. The third-order valence-electron chi connectivity index (χ3n) is 4.69. The number of fused-ring (bicyclic) bond motifs is 2. The molecule has 0 aromatic heterocycles. The summed E-state index contributed by atoms with van der Waals surface area (Å²) in [4.78, 5) is 14.2. The Balaban J connectivity index is 1.71. The number of nitrogens with one attached hydrogen (secondary N) is 1. The van der Waals surface area contributed by atoms with Crippen LogP contribution in [-0.2, 0) is 4.79 Å². The zero-order valence-electron chi connectivity index (χ0n) is 9.41. The fourth-order valence-electron chi connectivity index (χ4n) is 3.89. The Morgan fingerprint density at radius 3 is 2.67 bits per heavy atom. The predicted molar refractivity (Wildman–Crippen MR) is 58.4 cm³/mol. The predicted octanol–water partition coefficient (Wildman–Crippen LogP) is 0.995. The molecule has 1 amide bonds. The number of rotatable bonds is 2. The average Bonchev–Trinajstić information content (AvgIpc) is 2.91. The maximum Gasteiger partial charge on any atom is 0.240 e. The first-order valence-electron chi connectivity index (χ1n) is 6.27. The van der Waals surface area contributed by atoms with Crippen LogP contribution in [0.3, 0.4) is 0 Å². The fourth-order valence-corrected chi connectivity index (χ4v) is 3.89. The molecular weight excluding hydrogens is 188 g/mol. The summed E-state index contributed by atoms with van der Waals surface area (Å²) in [6, 6.07) is 0.693. The van der Waals surface area contributed by atoms with Gasteiger partial charge >= 0.3 is 0 Å². The summed E-state index contributed by atoms with van der Waals surface area (Å²) >= 11 is 0. The van der Waals surface area contributed by atoms with Gasteiger partial charge in [-0.25, -0.2) is 0 Å². The summed E-state index contributed by atoms with van der Waals surface area (Å²) in [7, 11) is 1.90. The van der Waals surface area contributed by atoms with Crippen LogP contribution in [0, 0.1) is 11.8 Å². The Labute approximate surface area is 91.2 Å². The smallest absolute Gasteiger partial charge is 0.240 e. The van der Waals surface area contributed by atoms with Crippen molar-refractivity contribution in [2.24, 2.45) is 11.8 Å².